The number of anilines is 1. The predicted octanol–water partition coefficient (Wildman–Crippen LogP) is 3.80. The van der Waals surface area contributed by atoms with Crippen molar-refractivity contribution in [1.82, 2.24) is 5.32 Å². The first-order chi connectivity index (χ1) is 12.5. The van der Waals surface area contributed by atoms with Crippen molar-refractivity contribution in [3.8, 4) is 5.75 Å². The first-order valence-corrected chi connectivity index (χ1v) is 8.89. The van der Waals surface area contributed by atoms with Crippen molar-refractivity contribution in [3.63, 3.8) is 0 Å². The summed E-state index contributed by atoms with van der Waals surface area (Å²) < 4.78 is 5.74. The number of nitrogens with one attached hydrogen (secondary N) is 1. The molecule has 2 amide bonds. The van der Waals surface area contributed by atoms with Crippen molar-refractivity contribution in [2.75, 3.05) is 18.0 Å². The molecule has 0 heterocycles. The number of hydrogen-bond donors (Lipinski definition) is 1. The molecule has 0 aromatic heterocycles. The molecule has 0 aliphatic heterocycles. The van der Waals surface area contributed by atoms with Gasteiger partial charge in [0.1, 0.15) is 18.9 Å². The molecule has 138 valence electrons. The van der Waals surface area contributed by atoms with Crippen molar-refractivity contribution in [1.29, 1.82) is 0 Å². The molecule has 0 radical (unpaired) electrons. The molecule has 0 aliphatic rings. The number of amides is 2. The number of carbonyl (C=O) groups excluding carboxylic acids is 2. The third-order valence-corrected chi connectivity index (χ3v) is 3.97. The van der Waals surface area contributed by atoms with Gasteiger partial charge in [-0.1, -0.05) is 30.7 Å². The van der Waals surface area contributed by atoms with Gasteiger partial charge in [-0.15, -0.1) is 0 Å². The van der Waals surface area contributed by atoms with Crippen LogP contribution in [0.25, 0.3) is 0 Å². The molecule has 1 N–H and O–H groups in total. The molecule has 0 unspecified atom stereocenters. The molecule has 0 fully saturated rings. The average molecular weight is 375 g/mol. The van der Waals surface area contributed by atoms with Crippen LogP contribution in [0.3, 0.4) is 0 Å². The van der Waals surface area contributed by atoms with Gasteiger partial charge in [-0.2, -0.15) is 0 Å². The van der Waals surface area contributed by atoms with Gasteiger partial charge < -0.3 is 15.0 Å². The zero-order chi connectivity index (χ0) is 18.9. The van der Waals surface area contributed by atoms with Crippen LogP contribution in [0, 0.1) is 0 Å². The topological polar surface area (TPSA) is 58.6 Å². The summed E-state index contributed by atoms with van der Waals surface area (Å²) in [5.74, 6) is 0.319. The van der Waals surface area contributed by atoms with Crippen molar-refractivity contribution >= 4 is 29.1 Å². The van der Waals surface area contributed by atoms with E-state index in [1.54, 1.807) is 24.3 Å². The number of halogens is 1. The molecule has 2 aromatic rings. The van der Waals surface area contributed by atoms with Crippen molar-refractivity contribution in [3.05, 3.63) is 59.1 Å². The van der Waals surface area contributed by atoms with E-state index in [-0.39, 0.29) is 18.4 Å². The summed E-state index contributed by atoms with van der Waals surface area (Å²) in [5.41, 5.74) is 1.67. The van der Waals surface area contributed by atoms with Crippen molar-refractivity contribution < 1.29 is 14.3 Å². The van der Waals surface area contributed by atoms with Gasteiger partial charge in [0, 0.05) is 24.2 Å². The largest absolute Gasteiger partial charge is 0.489 e. The lowest BCUT2D eigenvalue weighted by molar-refractivity contribution is -0.123. The molecule has 26 heavy (non-hydrogen) atoms. The minimum absolute atomic E-state index is 0.000309. The Hall–Kier alpha value is -2.53. The molecule has 0 aliphatic carbocycles. The van der Waals surface area contributed by atoms with E-state index in [9.17, 15) is 9.59 Å². The highest BCUT2D eigenvalue weighted by Crippen LogP contribution is 2.21. The van der Waals surface area contributed by atoms with Crippen LogP contribution in [0.2, 0.25) is 5.02 Å². The highest BCUT2D eigenvalue weighted by atomic mass is 35.5. The predicted molar refractivity (Wildman–Crippen MR) is 104 cm³/mol. The normalized spacial score (nSPS) is 10.3. The van der Waals surface area contributed by atoms with E-state index in [1.165, 1.54) is 11.8 Å². The summed E-state index contributed by atoms with van der Waals surface area (Å²) in [4.78, 5) is 25.2. The molecule has 5 nitrogen and oxygen atoms in total. The Balaban J connectivity index is 1.97. The molecular weight excluding hydrogens is 352 g/mol. The fourth-order valence-electron chi connectivity index (χ4n) is 2.32. The quantitative estimate of drug-likeness (QED) is 0.764. The molecule has 2 aromatic carbocycles. The lowest BCUT2D eigenvalue weighted by Gasteiger charge is -2.21. The molecule has 0 spiro atoms. The minimum Gasteiger partial charge on any atom is -0.489 e. The molecule has 0 bridgehead atoms. The second-order valence-corrected chi connectivity index (χ2v) is 6.30. The van der Waals surface area contributed by atoms with E-state index < -0.39 is 0 Å². The summed E-state index contributed by atoms with van der Waals surface area (Å²) >= 11 is 5.86. The maximum atomic E-state index is 11.9. The first kappa shape index (κ1) is 19.8. The fraction of sp³-hybridized carbons (Fsp3) is 0.300. The van der Waals surface area contributed by atoms with E-state index >= 15 is 0 Å². The highest BCUT2D eigenvalue weighted by molar-refractivity contribution is 6.30. The zero-order valence-electron chi connectivity index (χ0n) is 15.0. The van der Waals surface area contributed by atoms with Gasteiger partial charge in [0.2, 0.25) is 11.8 Å². The molecule has 0 saturated carbocycles. The number of rotatable bonds is 8. The van der Waals surface area contributed by atoms with Gasteiger partial charge in [-0.3, -0.25) is 9.59 Å². The number of hydrogen-bond acceptors (Lipinski definition) is 3. The van der Waals surface area contributed by atoms with E-state index in [0.717, 1.165) is 12.0 Å². The molecule has 2 rings (SSSR count). The van der Waals surface area contributed by atoms with E-state index in [2.05, 4.69) is 5.32 Å². The number of ether oxygens (including phenoxy) is 1. The Bertz CT molecular complexity index is 730. The van der Waals surface area contributed by atoms with Gasteiger partial charge in [0.15, 0.2) is 0 Å². The first-order valence-electron chi connectivity index (χ1n) is 8.51. The van der Waals surface area contributed by atoms with Crippen LogP contribution in [0.4, 0.5) is 5.69 Å². The maximum absolute atomic E-state index is 11.9. The monoisotopic (exact) mass is 374 g/mol. The van der Waals surface area contributed by atoms with Crippen LogP contribution in [0.1, 0.15) is 25.8 Å². The van der Waals surface area contributed by atoms with Crippen LogP contribution < -0.4 is 15.0 Å². The Labute approximate surface area is 158 Å². The van der Waals surface area contributed by atoms with Crippen LogP contribution >= 0.6 is 11.6 Å². The van der Waals surface area contributed by atoms with Gasteiger partial charge in [-0.25, -0.2) is 0 Å². The summed E-state index contributed by atoms with van der Waals surface area (Å²) in [6.07, 6.45) is 0.853. The third kappa shape index (κ3) is 6.08. The van der Waals surface area contributed by atoms with Crippen LogP contribution in [-0.2, 0) is 16.2 Å². The summed E-state index contributed by atoms with van der Waals surface area (Å²) in [5, 5.41) is 3.46. The molecular formula is C20H23ClN2O3. The van der Waals surface area contributed by atoms with Gasteiger partial charge in [0.05, 0.1) is 0 Å². The standard InChI is InChI=1S/C20H23ClN2O3/c1-3-12-22-20(25)13-23(15(2)24)18-8-10-19(11-9-18)26-14-16-4-6-17(21)7-5-16/h4-11H,3,12-14H2,1-2H3,(H,22,25). The van der Waals surface area contributed by atoms with Crippen molar-refractivity contribution in [2.45, 2.75) is 26.9 Å². The van der Waals surface area contributed by atoms with Crippen molar-refractivity contribution in [2.24, 2.45) is 0 Å². The van der Waals surface area contributed by atoms with Crippen LogP contribution in [0.15, 0.2) is 48.5 Å². The second kappa shape index (κ2) is 9.82. The number of benzene rings is 2. The Morgan fingerprint density at radius 1 is 1.08 bits per heavy atom. The van der Waals surface area contributed by atoms with E-state index in [0.29, 0.717) is 29.6 Å². The van der Waals surface area contributed by atoms with E-state index in [1.807, 2.05) is 31.2 Å². The van der Waals surface area contributed by atoms with E-state index in [4.69, 9.17) is 16.3 Å². The lowest BCUT2D eigenvalue weighted by atomic mass is 10.2. The summed E-state index contributed by atoms with van der Waals surface area (Å²) in [6.45, 7) is 4.44. The Morgan fingerprint density at radius 3 is 2.31 bits per heavy atom. The van der Waals surface area contributed by atoms with Gasteiger partial charge in [-0.05, 0) is 48.4 Å². The second-order valence-electron chi connectivity index (χ2n) is 5.86. The molecule has 0 atom stereocenters. The average Bonchev–Trinajstić information content (AvgIpc) is 2.64. The van der Waals surface area contributed by atoms with Crippen LogP contribution in [-0.4, -0.2) is 24.9 Å². The van der Waals surface area contributed by atoms with Crippen LogP contribution in [0.5, 0.6) is 5.75 Å². The minimum atomic E-state index is -0.188. The molecule has 6 heteroatoms. The summed E-state index contributed by atoms with van der Waals surface area (Å²) in [7, 11) is 0. The lowest BCUT2D eigenvalue weighted by Crippen LogP contribution is -2.40. The smallest absolute Gasteiger partial charge is 0.240 e. The Morgan fingerprint density at radius 2 is 1.73 bits per heavy atom. The molecule has 0 saturated heterocycles. The van der Waals surface area contributed by atoms with Gasteiger partial charge >= 0.3 is 0 Å². The number of nitrogens with zero attached hydrogens (tertiary/aromatic N) is 1. The maximum Gasteiger partial charge on any atom is 0.240 e. The zero-order valence-corrected chi connectivity index (χ0v) is 15.8. The highest BCUT2D eigenvalue weighted by Gasteiger charge is 2.15. The SMILES string of the molecule is CCCNC(=O)CN(C(C)=O)c1ccc(OCc2ccc(Cl)cc2)cc1. The van der Waals surface area contributed by atoms with Gasteiger partial charge in [0.25, 0.3) is 0 Å². The Kier molecular flexibility index (Phi) is 7.48. The third-order valence-electron chi connectivity index (χ3n) is 3.72. The number of carbonyl (C=O) groups is 2. The summed E-state index contributed by atoms with van der Waals surface area (Å²) in [6, 6.07) is 14.6. The fourth-order valence-corrected chi connectivity index (χ4v) is 2.44.